The Kier molecular flexibility index (Phi) is 3.29. The molecular formula is C11H13N3S. The molecule has 0 atom stereocenters. The molecule has 0 aliphatic heterocycles. The fourth-order valence-electron chi connectivity index (χ4n) is 1.23. The minimum Gasteiger partial charge on any atom is -0.357 e. The van der Waals surface area contributed by atoms with Crippen molar-refractivity contribution < 1.29 is 0 Å². The summed E-state index contributed by atoms with van der Waals surface area (Å²) in [7, 11) is 0. The van der Waals surface area contributed by atoms with Crippen molar-refractivity contribution in [3.8, 4) is 0 Å². The maximum atomic E-state index is 4.43. The van der Waals surface area contributed by atoms with Gasteiger partial charge in [0, 0.05) is 24.3 Å². The third-order valence-electron chi connectivity index (χ3n) is 2.08. The lowest BCUT2D eigenvalue weighted by Crippen LogP contribution is -1.99. The molecule has 0 saturated carbocycles. The highest BCUT2D eigenvalue weighted by Crippen LogP contribution is 2.16. The molecule has 4 heteroatoms. The van der Waals surface area contributed by atoms with E-state index in [9.17, 15) is 0 Å². The Morgan fingerprint density at radius 2 is 2.40 bits per heavy atom. The van der Waals surface area contributed by atoms with Crippen LogP contribution in [-0.4, -0.2) is 9.97 Å². The second-order valence-electron chi connectivity index (χ2n) is 3.21. The first kappa shape index (κ1) is 10.1. The Hall–Kier alpha value is -1.42. The van der Waals surface area contributed by atoms with Crippen molar-refractivity contribution in [3.63, 3.8) is 0 Å². The standard InChI is InChI=1S/C11H13N3S/c1-2-10-8-15-11(14-10)13-7-9-4-3-5-12-6-9/h3-6,8H,2,7H2,1H3,(H,13,14). The van der Waals surface area contributed by atoms with E-state index in [0.29, 0.717) is 0 Å². The number of nitrogens with one attached hydrogen (secondary N) is 1. The molecule has 15 heavy (non-hydrogen) atoms. The Balaban J connectivity index is 1.93. The minimum absolute atomic E-state index is 0.782. The van der Waals surface area contributed by atoms with Gasteiger partial charge in [-0.3, -0.25) is 4.98 Å². The molecule has 0 unspecified atom stereocenters. The third-order valence-corrected chi connectivity index (χ3v) is 2.93. The number of aryl methyl sites for hydroxylation is 1. The highest BCUT2D eigenvalue weighted by Gasteiger charge is 1.99. The van der Waals surface area contributed by atoms with E-state index in [-0.39, 0.29) is 0 Å². The van der Waals surface area contributed by atoms with Gasteiger partial charge in [0.2, 0.25) is 0 Å². The van der Waals surface area contributed by atoms with E-state index >= 15 is 0 Å². The van der Waals surface area contributed by atoms with Crippen LogP contribution in [-0.2, 0) is 13.0 Å². The molecule has 2 aromatic heterocycles. The largest absolute Gasteiger partial charge is 0.357 e. The topological polar surface area (TPSA) is 37.8 Å². The Morgan fingerprint density at radius 3 is 3.07 bits per heavy atom. The molecule has 2 heterocycles. The minimum atomic E-state index is 0.782. The van der Waals surface area contributed by atoms with E-state index in [1.54, 1.807) is 17.5 Å². The summed E-state index contributed by atoms with van der Waals surface area (Å²) in [4.78, 5) is 8.49. The van der Waals surface area contributed by atoms with Crippen molar-refractivity contribution in [2.45, 2.75) is 19.9 Å². The maximum absolute atomic E-state index is 4.43. The Morgan fingerprint density at radius 1 is 1.47 bits per heavy atom. The molecular weight excluding hydrogens is 206 g/mol. The summed E-state index contributed by atoms with van der Waals surface area (Å²) < 4.78 is 0. The first-order chi connectivity index (χ1) is 7.38. The summed E-state index contributed by atoms with van der Waals surface area (Å²) >= 11 is 1.65. The molecule has 0 spiro atoms. The van der Waals surface area contributed by atoms with Gasteiger partial charge in [-0.25, -0.2) is 4.98 Å². The second kappa shape index (κ2) is 4.89. The van der Waals surface area contributed by atoms with Crippen LogP contribution >= 0.6 is 11.3 Å². The second-order valence-corrected chi connectivity index (χ2v) is 4.07. The van der Waals surface area contributed by atoms with Gasteiger partial charge in [0.1, 0.15) is 0 Å². The lowest BCUT2D eigenvalue weighted by molar-refractivity contribution is 1.04. The van der Waals surface area contributed by atoms with Gasteiger partial charge in [-0.05, 0) is 18.1 Å². The number of anilines is 1. The molecule has 0 amide bonds. The van der Waals surface area contributed by atoms with E-state index in [4.69, 9.17) is 0 Å². The van der Waals surface area contributed by atoms with Crippen molar-refractivity contribution in [1.29, 1.82) is 0 Å². The van der Waals surface area contributed by atoms with E-state index < -0.39 is 0 Å². The zero-order valence-electron chi connectivity index (χ0n) is 8.60. The lowest BCUT2D eigenvalue weighted by Gasteiger charge is -2.01. The van der Waals surface area contributed by atoms with Crippen LogP contribution in [0.3, 0.4) is 0 Å². The number of aromatic nitrogens is 2. The number of pyridine rings is 1. The molecule has 78 valence electrons. The summed E-state index contributed by atoms with van der Waals surface area (Å²) in [6.07, 6.45) is 4.63. The molecule has 2 rings (SSSR count). The predicted molar refractivity (Wildman–Crippen MR) is 63.1 cm³/mol. The molecule has 0 aliphatic rings. The Labute approximate surface area is 93.2 Å². The molecule has 1 N–H and O–H groups in total. The average molecular weight is 219 g/mol. The van der Waals surface area contributed by atoms with Crippen LogP contribution in [0.1, 0.15) is 18.2 Å². The van der Waals surface area contributed by atoms with Crippen molar-refractivity contribution in [2.24, 2.45) is 0 Å². The van der Waals surface area contributed by atoms with Crippen molar-refractivity contribution in [2.75, 3.05) is 5.32 Å². The quantitative estimate of drug-likeness (QED) is 0.859. The van der Waals surface area contributed by atoms with Gasteiger partial charge in [-0.1, -0.05) is 13.0 Å². The monoisotopic (exact) mass is 219 g/mol. The van der Waals surface area contributed by atoms with Crippen molar-refractivity contribution in [3.05, 3.63) is 41.2 Å². The molecule has 0 fully saturated rings. The van der Waals surface area contributed by atoms with E-state index in [0.717, 1.165) is 23.8 Å². The molecule has 0 aromatic carbocycles. The van der Waals surface area contributed by atoms with Gasteiger partial charge in [0.25, 0.3) is 0 Å². The highest BCUT2D eigenvalue weighted by atomic mass is 32.1. The van der Waals surface area contributed by atoms with Gasteiger partial charge in [0.05, 0.1) is 5.69 Å². The highest BCUT2D eigenvalue weighted by molar-refractivity contribution is 7.13. The van der Waals surface area contributed by atoms with Crippen LogP contribution in [0.4, 0.5) is 5.13 Å². The fourth-order valence-corrected chi connectivity index (χ4v) is 2.02. The van der Waals surface area contributed by atoms with Gasteiger partial charge in [-0.15, -0.1) is 11.3 Å². The third kappa shape index (κ3) is 2.76. The van der Waals surface area contributed by atoms with E-state index in [1.165, 1.54) is 5.56 Å². The van der Waals surface area contributed by atoms with Gasteiger partial charge in [0.15, 0.2) is 5.13 Å². The zero-order chi connectivity index (χ0) is 10.5. The number of hydrogen-bond acceptors (Lipinski definition) is 4. The van der Waals surface area contributed by atoms with Crippen LogP contribution in [0.15, 0.2) is 29.9 Å². The maximum Gasteiger partial charge on any atom is 0.183 e. The number of thiazole rings is 1. The predicted octanol–water partition coefficient (Wildman–Crippen LogP) is 2.71. The zero-order valence-corrected chi connectivity index (χ0v) is 9.42. The summed E-state index contributed by atoms with van der Waals surface area (Å²) in [6, 6.07) is 3.99. The number of rotatable bonds is 4. The van der Waals surface area contributed by atoms with Crippen LogP contribution in [0.5, 0.6) is 0 Å². The smallest absolute Gasteiger partial charge is 0.183 e. The van der Waals surface area contributed by atoms with Crippen LogP contribution in [0.2, 0.25) is 0 Å². The van der Waals surface area contributed by atoms with Gasteiger partial charge >= 0.3 is 0 Å². The molecule has 0 aliphatic carbocycles. The molecule has 0 saturated heterocycles. The van der Waals surface area contributed by atoms with Gasteiger partial charge in [-0.2, -0.15) is 0 Å². The Bertz CT molecular complexity index is 411. The SMILES string of the molecule is CCc1csc(NCc2cccnc2)n1. The summed E-state index contributed by atoms with van der Waals surface area (Å²) in [6.45, 7) is 2.89. The van der Waals surface area contributed by atoms with E-state index in [2.05, 4.69) is 27.6 Å². The van der Waals surface area contributed by atoms with Crippen LogP contribution < -0.4 is 5.32 Å². The normalized spacial score (nSPS) is 10.2. The fraction of sp³-hybridized carbons (Fsp3) is 0.273. The first-order valence-corrected chi connectivity index (χ1v) is 5.83. The summed E-state index contributed by atoms with van der Waals surface area (Å²) in [5.74, 6) is 0. The average Bonchev–Trinajstić information content (AvgIpc) is 2.76. The van der Waals surface area contributed by atoms with Crippen LogP contribution in [0.25, 0.3) is 0 Å². The van der Waals surface area contributed by atoms with E-state index in [1.807, 2.05) is 18.3 Å². The number of hydrogen-bond donors (Lipinski definition) is 1. The summed E-state index contributed by atoms with van der Waals surface area (Å²) in [5.41, 5.74) is 2.32. The van der Waals surface area contributed by atoms with Crippen LogP contribution in [0, 0.1) is 0 Å². The van der Waals surface area contributed by atoms with Crippen molar-refractivity contribution in [1.82, 2.24) is 9.97 Å². The summed E-state index contributed by atoms with van der Waals surface area (Å²) in [5, 5.41) is 6.35. The number of nitrogens with zero attached hydrogens (tertiary/aromatic N) is 2. The molecule has 2 aromatic rings. The lowest BCUT2D eigenvalue weighted by atomic mass is 10.3. The molecule has 0 radical (unpaired) electrons. The first-order valence-electron chi connectivity index (χ1n) is 4.95. The van der Waals surface area contributed by atoms with Crippen molar-refractivity contribution >= 4 is 16.5 Å². The van der Waals surface area contributed by atoms with Gasteiger partial charge < -0.3 is 5.32 Å². The molecule has 0 bridgehead atoms. The molecule has 3 nitrogen and oxygen atoms in total.